The van der Waals surface area contributed by atoms with E-state index in [1.54, 1.807) is 0 Å². The predicted octanol–water partition coefficient (Wildman–Crippen LogP) is 0.513. The number of hydrogen-bond acceptors (Lipinski definition) is 4. The highest BCUT2D eigenvalue weighted by Crippen LogP contribution is 2.09. The molecule has 0 aliphatic rings. The largest absolute Gasteiger partial charge is 0.322 e. The van der Waals surface area contributed by atoms with Crippen LogP contribution in [-0.2, 0) is 8.37 Å². The van der Waals surface area contributed by atoms with Crippen molar-refractivity contribution in [1.82, 2.24) is 0 Å². The standard InChI is InChI=1S/C3H2N2O2S/c1-8(6-2-4)7-3-5/h1H2. The molecule has 4 nitrogen and oxygen atoms in total. The van der Waals surface area contributed by atoms with Gasteiger partial charge in [0.15, 0.2) is 0 Å². The minimum absolute atomic E-state index is 1.24. The molecule has 0 heterocycles. The maximum atomic E-state index is 7.77. The molecular weight excluding hydrogens is 128 g/mol. The van der Waals surface area contributed by atoms with Crippen LogP contribution in [0, 0.1) is 23.0 Å². The molecule has 0 bridgehead atoms. The molecule has 0 aromatic carbocycles. The van der Waals surface area contributed by atoms with Gasteiger partial charge < -0.3 is 8.37 Å². The van der Waals surface area contributed by atoms with Crippen LogP contribution >= 0.6 is 11.0 Å². The van der Waals surface area contributed by atoms with Crippen LogP contribution in [0.3, 0.4) is 0 Å². The zero-order valence-corrected chi connectivity index (χ0v) is 4.64. The molecule has 0 radical (unpaired) electrons. The molecule has 0 spiro atoms. The van der Waals surface area contributed by atoms with Gasteiger partial charge in [0.25, 0.3) is 0 Å². The Morgan fingerprint density at radius 3 is 1.88 bits per heavy atom. The summed E-state index contributed by atoms with van der Waals surface area (Å²) in [5.74, 6) is 3.16. The van der Waals surface area contributed by atoms with Crippen LogP contribution in [-0.4, -0.2) is 5.87 Å². The van der Waals surface area contributed by atoms with E-state index in [1.165, 1.54) is 12.5 Å². The van der Waals surface area contributed by atoms with Crippen molar-refractivity contribution in [2.75, 3.05) is 0 Å². The topological polar surface area (TPSA) is 66.0 Å². The summed E-state index contributed by atoms with van der Waals surface area (Å²) in [7, 11) is 0. The van der Waals surface area contributed by atoms with Crippen molar-refractivity contribution in [2.45, 2.75) is 0 Å². The SMILES string of the molecule is C=S(OC#N)OC#N. The first-order chi connectivity index (χ1) is 3.81. The third-order valence-electron chi connectivity index (χ3n) is 0.260. The van der Waals surface area contributed by atoms with E-state index in [-0.39, 0.29) is 0 Å². The maximum Gasteiger partial charge on any atom is 0.302 e. The molecule has 0 N–H and O–H groups in total. The van der Waals surface area contributed by atoms with Gasteiger partial charge in [-0.15, -0.1) is 10.5 Å². The molecule has 0 rings (SSSR count). The lowest BCUT2D eigenvalue weighted by molar-refractivity contribution is 0.482. The molecule has 0 unspecified atom stereocenters. The Bertz CT molecular complexity index is 147. The van der Waals surface area contributed by atoms with E-state index < -0.39 is 11.0 Å². The summed E-state index contributed by atoms with van der Waals surface area (Å²) in [5, 5.41) is 15.5. The highest BCUT2D eigenvalue weighted by Gasteiger charge is 1.85. The van der Waals surface area contributed by atoms with E-state index in [0.717, 1.165) is 0 Å². The van der Waals surface area contributed by atoms with Gasteiger partial charge in [-0.1, -0.05) is 0 Å². The minimum atomic E-state index is -1.24. The first kappa shape index (κ1) is 6.80. The summed E-state index contributed by atoms with van der Waals surface area (Å²) in [5.41, 5.74) is 0. The second-order valence-corrected chi connectivity index (χ2v) is 1.59. The maximum absolute atomic E-state index is 7.77. The van der Waals surface area contributed by atoms with Crippen molar-refractivity contribution in [3.63, 3.8) is 0 Å². The summed E-state index contributed by atoms with van der Waals surface area (Å²) in [6.07, 6.45) is 2.65. The van der Waals surface area contributed by atoms with Crippen molar-refractivity contribution >= 4 is 16.9 Å². The molecule has 0 aliphatic heterocycles. The van der Waals surface area contributed by atoms with Crippen molar-refractivity contribution < 1.29 is 8.37 Å². The van der Waals surface area contributed by atoms with Crippen LogP contribution in [0.2, 0.25) is 0 Å². The van der Waals surface area contributed by atoms with Crippen molar-refractivity contribution in [2.24, 2.45) is 0 Å². The molecule has 0 aromatic rings. The van der Waals surface area contributed by atoms with E-state index in [4.69, 9.17) is 10.5 Å². The zero-order valence-electron chi connectivity index (χ0n) is 3.83. The third kappa shape index (κ3) is 3.01. The number of rotatable bonds is 2. The van der Waals surface area contributed by atoms with Gasteiger partial charge in [0.05, 0.1) is 0 Å². The second-order valence-electron chi connectivity index (χ2n) is 0.653. The van der Waals surface area contributed by atoms with Crippen molar-refractivity contribution in [3.8, 4) is 12.5 Å². The smallest absolute Gasteiger partial charge is 0.302 e. The van der Waals surface area contributed by atoms with E-state index in [1.807, 2.05) is 0 Å². The summed E-state index contributed by atoms with van der Waals surface area (Å²) >= 11 is -1.24. The molecule has 0 fully saturated rings. The Kier molecular flexibility index (Phi) is 3.38. The number of nitriles is 2. The normalized spacial score (nSPS) is 6.88. The molecule has 0 atom stereocenters. The lowest BCUT2D eigenvalue weighted by Gasteiger charge is -1.90. The van der Waals surface area contributed by atoms with Crippen LogP contribution in [0.1, 0.15) is 0 Å². The highest BCUT2D eigenvalue weighted by atomic mass is 32.2. The minimum Gasteiger partial charge on any atom is -0.322 e. The first-order valence-electron chi connectivity index (χ1n) is 1.48. The van der Waals surface area contributed by atoms with Crippen LogP contribution in [0.4, 0.5) is 0 Å². The van der Waals surface area contributed by atoms with Gasteiger partial charge in [-0.25, -0.2) is 0 Å². The van der Waals surface area contributed by atoms with E-state index in [0.29, 0.717) is 0 Å². The van der Waals surface area contributed by atoms with Gasteiger partial charge >= 0.3 is 12.5 Å². The summed E-state index contributed by atoms with van der Waals surface area (Å²) in [6.45, 7) is 0. The Morgan fingerprint density at radius 2 is 1.62 bits per heavy atom. The average molecular weight is 130 g/mol. The average Bonchev–Trinajstić information content (AvgIpc) is 1.68. The molecule has 5 heteroatoms. The van der Waals surface area contributed by atoms with E-state index in [9.17, 15) is 0 Å². The number of hydrogen-bond donors (Lipinski definition) is 0. The van der Waals surface area contributed by atoms with Gasteiger partial charge in [0.2, 0.25) is 11.0 Å². The van der Waals surface area contributed by atoms with Gasteiger partial charge in [0.1, 0.15) is 0 Å². The molecule has 0 saturated heterocycles. The molecule has 8 heavy (non-hydrogen) atoms. The molecule has 0 saturated carbocycles. The van der Waals surface area contributed by atoms with E-state index in [2.05, 4.69) is 14.2 Å². The molecular formula is C3H2N2O2S. The Balaban J connectivity index is 3.41. The summed E-state index contributed by atoms with van der Waals surface area (Å²) in [4.78, 5) is 0. The molecule has 0 amide bonds. The zero-order chi connectivity index (χ0) is 6.41. The first-order valence-corrected chi connectivity index (χ1v) is 2.72. The van der Waals surface area contributed by atoms with Gasteiger partial charge in [0, 0.05) is 5.87 Å². The van der Waals surface area contributed by atoms with Crippen LogP contribution in [0.5, 0.6) is 0 Å². The Morgan fingerprint density at radius 1 is 1.25 bits per heavy atom. The Labute approximate surface area is 49.2 Å². The summed E-state index contributed by atoms with van der Waals surface area (Å²) < 4.78 is 8.12. The van der Waals surface area contributed by atoms with Gasteiger partial charge in [-0.2, -0.15) is 0 Å². The third-order valence-corrected chi connectivity index (χ3v) is 0.781. The van der Waals surface area contributed by atoms with Crippen molar-refractivity contribution in [3.05, 3.63) is 0 Å². The van der Waals surface area contributed by atoms with Gasteiger partial charge in [-0.05, 0) is 0 Å². The van der Waals surface area contributed by atoms with Crippen molar-refractivity contribution in [1.29, 1.82) is 10.5 Å². The highest BCUT2D eigenvalue weighted by molar-refractivity contribution is 8.05. The number of nitrogens with zero attached hydrogens (tertiary/aromatic N) is 2. The lowest BCUT2D eigenvalue weighted by Crippen LogP contribution is -1.71. The fourth-order valence-electron chi connectivity index (χ4n) is 0.100. The van der Waals surface area contributed by atoms with Crippen LogP contribution in [0.25, 0.3) is 0 Å². The fraction of sp³-hybridized carbons (Fsp3) is 0. The molecule has 0 aromatic heterocycles. The lowest BCUT2D eigenvalue weighted by atomic mass is 11.6. The summed E-state index contributed by atoms with van der Waals surface area (Å²) in [6, 6.07) is 0. The van der Waals surface area contributed by atoms with Crippen LogP contribution in [0.15, 0.2) is 0 Å². The Hall–Kier alpha value is -1.20. The quantitative estimate of drug-likeness (QED) is 0.403. The fourth-order valence-corrected chi connectivity index (χ4v) is 0.300. The molecule has 0 aliphatic carbocycles. The van der Waals surface area contributed by atoms with Crippen LogP contribution < -0.4 is 0 Å². The molecule has 42 valence electrons. The monoisotopic (exact) mass is 130 g/mol. The van der Waals surface area contributed by atoms with E-state index >= 15 is 0 Å². The second kappa shape index (κ2) is 3.97. The van der Waals surface area contributed by atoms with Gasteiger partial charge in [-0.3, -0.25) is 0 Å². The predicted molar refractivity (Wildman–Crippen MR) is 28.1 cm³/mol.